The van der Waals surface area contributed by atoms with E-state index in [1.54, 1.807) is 24.5 Å². The lowest BCUT2D eigenvalue weighted by Crippen LogP contribution is -2.58. The van der Waals surface area contributed by atoms with Crippen LogP contribution in [0, 0.1) is 11.3 Å². The Labute approximate surface area is 143 Å². The number of likely N-dealkylation sites (tertiary alicyclic amines) is 1. The van der Waals surface area contributed by atoms with E-state index in [0.29, 0.717) is 12.2 Å². The van der Waals surface area contributed by atoms with Crippen LogP contribution in [0.15, 0.2) is 24.5 Å². The Morgan fingerprint density at radius 3 is 2.96 bits per heavy atom. The molecule has 2 atom stereocenters. The van der Waals surface area contributed by atoms with E-state index in [9.17, 15) is 4.79 Å². The van der Waals surface area contributed by atoms with Crippen LogP contribution in [0.2, 0.25) is 0 Å². The molecule has 4 rings (SSSR count). The number of hydrogen-bond donors (Lipinski definition) is 0. The monoisotopic (exact) mass is 330 g/mol. The maximum atomic E-state index is 12.8. The molecule has 2 aliphatic heterocycles. The third kappa shape index (κ3) is 3.33. The first-order valence-electron chi connectivity index (χ1n) is 9.15. The summed E-state index contributed by atoms with van der Waals surface area (Å²) < 4.78 is 12.1. The van der Waals surface area contributed by atoms with Crippen LogP contribution < -0.4 is 0 Å². The maximum Gasteiger partial charge on any atom is 0.253 e. The van der Waals surface area contributed by atoms with Crippen LogP contribution in [0.3, 0.4) is 0 Å². The highest BCUT2D eigenvalue weighted by atomic mass is 16.5. The molecule has 3 fully saturated rings. The molecule has 5 heteroatoms. The molecule has 0 unspecified atom stereocenters. The summed E-state index contributed by atoms with van der Waals surface area (Å²) in [6.45, 7) is 3.92. The van der Waals surface area contributed by atoms with Gasteiger partial charge in [-0.05, 0) is 50.2 Å². The fourth-order valence-corrected chi connectivity index (χ4v) is 4.06. The van der Waals surface area contributed by atoms with E-state index in [-0.39, 0.29) is 17.4 Å². The van der Waals surface area contributed by atoms with Gasteiger partial charge < -0.3 is 14.4 Å². The molecule has 1 aromatic heterocycles. The van der Waals surface area contributed by atoms with Crippen molar-refractivity contribution in [3.63, 3.8) is 0 Å². The second kappa shape index (κ2) is 6.81. The molecule has 24 heavy (non-hydrogen) atoms. The zero-order valence-corrected chi connectivity index (χ0v) is 14.2. The minimum Gasteiger partial charge on any atom is -0.380 e. The smallest absolute Gasteiger partial charge is 0.253 e. The molecule has 0 bridgehead atoms. The fourth-order valence-electron chi connectivity index (χ4n) is 4.06. The number of ether oxygens (including phenoxy) is 2. The number of fused-ring (bicyclic) bond motifs is 1. The van der Waals surface area contributed by atoms with Crippen LogP contribution >= 0.6 is 0 Å². The summed E-state index contributed by atoms with van der Waals surface area (Å²) >= 11 is 0. The lowest BCUT2D eigenvalue weighted by Gasteiger charge is -2.50. The van der Waals surface area contributed by atoms with Crippen molar-refractivity contribution < 1.29 is 14.3 Å². The van der Waals surface area contributed by atoms with Crippen molar-refractivity contribution in [2.75, 3.05) is 32.9 Å². The molecule has 0 radical (unpaired) electrons. The van der Waals surface area contributed by atoms with Crippen molar-refractivity contribution in [1.82, 2.24) is 9.88 Å². The fraction of sp³-hybridized carbons (Fsp3) is 0.684. The quantitative estimate of drug-likeness (QED) is 0.832. The number of rotatable bonds is 5. The van der Waals surface area contributed by atoms with Gasteiger partial charge in [-0.1, -0.05) is 0 Å². The third-order valence-electron chi connectivity index (χ3n) is 5.64. The number of hydrogen-bond acceptors (Lipinski definition) is 4. The summed E-state index contributed by atoms with van der Waals surface area (Å²) in [5.74, 6) is 0.866. The first-order chi connectivity index (χ1) is 11.8. The second-order valence-electron chi connectivity index (χ2n) is 7.54. The molecule has 1 saturated carbocycles. The lowest BCUT2D eigenvalue weighted by molar-refractivity contribution is -0.147. The van der Waals surface area contributed by atoms with E-state index in [4.69, 9.17) is 9.47 Å². The number of nitrogens with zero attached hydrogens (tertiary/aromatic N) is 2. The Balaban J connectivity index is 1.46. The van der Waals surface area contributed by atoms with Crippen molar-refractivity contribution in [3.05, 3.63) is 30.1 Å². The molecule has 1 aromatic rings. The van der Waals surface area contributed by atoms with Gasteiger partial charge in [0.05, 0.1) is 12.7 Å². The van der Waals surface area contributed by atoms with Gasteiger partial charge in [-0.25, -0.2) is 0 Å². The van der Waals surface area contributed by atoms with Gasteiger partial charge in [0.1, 0.15) is 0 Å². The maximum absolute atomic E-state index is 12.8. The van der Waals surface area contributed by atoms with Crippen molar-refractivity contribution in [3.8, 4) is 0 Å². The highest BCUT2D eigenvalue weighted by Crippen LogP contribution is 2.41. The first kappa shape index (κ1) is 16.0. The molecule has 0 N–H and O–H groups in total. The van der Waals surface area contributed by atoms with E-state index in [2.05, 4.69) is 4.98 Å². The Morgan fingerprint density at radius 1 is 1.33 bits per heavy atom. The highest BCUT2D eigenvalue weighted by molar-refractivity contribution is 5.94. The molecule has 0 aromatic carbocycles. The number of amides is 1. The zero-order valence-electron chi connectivity index (χ0n) is 14.2. The Hall–Kier alpha value is -1.46. The molecule has 5 nitrogen and oxygen atoms in total. The van der Waals surface area contributed by atoms with E-state index in [1.807, 2.05) is 4.90 Å². The standard InChI is InChI=1S/C19H26N2O3/c22-18(16-4-8-20-9-5-16)21-10-6-17-19(13-21,7-1-11-24-17)14-23-12-15-2-3-15/h4-5,8-9,15,17H,1-3,6-7,10-14H2/t17-,19-/m0/s1. The SMILES string of the molecule is O=C(c1ccncc1)N1CC[C@@H]2OCCC[C@@]2(COCC2CC2)C1. The average Bonchev–Trinajstić information content (AvgIpc) is 3.45. The molecule has 2 saturated heterocycles. The Bertz CT molecular complexity index is 575. The van der Waals surface area contributed by atoms with E-state index in [1.165, 1.54) is 12.8 Å². The minimum atomic E-state index is -0.0337. The summed E-state index contributed by atoms with van der Waals surface area (Å²) in [6.07, 6.45) is 9.24. The molecule has 3 aliphatic rings. The Kier molecular flexibility index (Phi) is 4.55. The second-order valence-corrected chi connectivity index (χ2v) is 7.54. The van der Waals surface area contributed by atoms with Crippen LogP contribution in [-0.2, 0) is 9.47 Å². The summed E-state index contributed by atoms with van der Waals surface area (Å²) in [6, 6.07) is 3.59. The normalized spacial score (nSPS) is 30.0. The summed E-state index contributed by atoms with van der Waals surface area (Å²) in [5.41, 5.74) is 0.683. The largest absolute Gasteiger partial charge is 0.380 e. The number of aromatic nitrogens is 1. The predicted molar refractivity (Wildman–Crippen MR) is 89.7 cm³/mol. The van der Waals surface area contributed by atoms with Crippen molar-refractivity contribution in [2.24, 2.45) is 11.3 Å². The lowest BCUT2D eigenvalue weighted by atomic mass is 9.73. The van der Waals surface area contributed by atoms with Crippen LogP contribution in [0.5, 0.6) is 0 Å². The van der Waals surface area contributed by atoms with Gasteiger partial charge in [-0.15, -0.1) is 0 Å². The van der Waals surface area contributed by atoms with Crippen molar-refractivity contribution >= 4 is 5.91 Å². The van der Waals surface area contributed by atoms with E-state index < -0.39 is 0 Å². The van der Waals surface area contributed by atoms with Crippen LogP contribution in [-0.4, -0.2) is 54.8 Å². The summed E-state index contributed by atoms with van der Waals surface area (Å²) in [4.78, 5) is 18.8. The Morgan fingerprint density at radius 2 is 2.17 bits per heavy atom. The molecular formula is C19H26N2O3. The zero-order chi connectivity index (χ0) is 16.4. The van der Waals surface area contributed by atoms with Gasteiger partial charge >= 0.3 is 0 Å². The van der Waals surface area contributed by atoms with E-state index in [0.717, 1.165) is 51.5 Å². The summed E-state index contributed by atoms with van der Waals surface area (Å²) in [7, 11) is 0. The topological polar surface area (TPSA) is 51.7 Å². The number of pyridine rings is 1. The molecule has 130 valence electrons. The van der Waals surface area contributed by atoms with Crippen LogP contribution in [0.1, 0.15) is 42.5 Å². The third-order valence-corrected chi connectivity index (χ3v) is 5.64. The molecule has 1 amide bonds. The van der Waals surface area contributed by atoms with Gasteiger partial charge in [-0.3, -0.25) is 9.78 Å². The number of piperidine rings is 1. The van der Waals surface area contributed by atoms with Crippen molar-refractivity contribution in [2.45, 2.75) is 38.2 Å². The van der Waals surface area contributed by atoms with Gasteiger partial charge in [-0.2, -0.15) is 0 Å². The van der Waals surface area contributed by atoms with Gasteiger partial charge in [0.25, 0.3) is 5.91 Å². The molecule has 0 spiro atoms. The minimum absolute atomic E-state index is 0.0337. The van der Waals surface area contributed by atoms with Gasteiger partial charge in [0.2, 0.25) is 0 Å². The number of carbonyl (C=O) groups is 1. The van der Waals surface area contributed by atoms with Crippen LogP contribution in [0.25, 0.3) is 0 Å². The average molecular weight is 330 g/mol. The molecular weight excluding hydrogens is 304 g/mol. The number of carbonyl (C=O) groups excluding carboxylic acids is 1. The highest BCUT2D eigenvalue weighted by Gasteiger charge is 2.47. The molecule has 3 heterocycles. The van der Waals surface area contributed by atoms with Crippen LogP contribution in [0.4, 0.5) is 0 Å². The summed E-state index contributed by atoms with van der Waals surface area (Å²) in [5, 5.41) is 0. The van der Waals surface area contributed by atoms with Gasteiger partial charge in [0.15, 0.2) is 0 Å². The first-order valence-corrected chi connectivity index (χ1v) is 9.15. The predicted octanol–water partition coefficient (Wildman–Crippen LogP) is 2.52. The van der Waals surface area contributed by atoms with E-state index >= 15 is 0 Å². The van der Waals surface area contributed by atoms with Crippen molar-refractivity contribution in [1.29, 1.82) is 0 Å². The van der Waals surface area contributed by atoms with Gasteiger partial charge in [0, 0.05) is 49.7 Å². The molecule has 1 aliphatic carbocycles.